The third-order valence-corrected chi connectivity index (χ3v) is 9.06. The molecule has 2 heterocycles. The molecule has 0 N–H and O–H groups in total. The van der Waals surface area contributed by atoms with Crippen LogP contribution in [0.25, 0.3) is 65.8 Å². The van der Waals surface area contributed by atoms with Gasteiger partial charge in [-0.25, -0.2) is 9.98 Å². The number of amidine groups is 2. The van der Waals surface area contributed by atoms with Crippen molar-refractivity contribution in [2.75, 3.05) is 0 Å². The van der Waals surface area contributed by atoms with Gasteiger partial charge in [0.15, 0.2) is 11.7 Å². The van der Waals surface area contributed by atoms with Crippen LogP contribution in [0, 0.1) is 0 Å². The highest BCUT2D eigenvalue weighted by Crippen LogP contribution is 2.41. The fourth-order valence-corrected chi connectivity index (χ4v) is 6.75. The van der Waals surface area contributed by atoms with Gasteiger partial charge in [-0.1, -0.05) is 121 Å². The van der Waals surface area contributed by atoms with Crippen LogP contribution in [0.15, 0.2) is 175 Å². The largest absolute Gasteiger partial charge is 0.456 e. The van der Waals surface area contributed by atoms with E-state index in [0.29, 0.717) is 18.2 Å². The average molecular weight is 632 g/mol. The number of fused-ring (bicyclic) bond motifs is 7. The predicted molar refractivity (Wildman–Crippen MR) is 203 cm³/mol. The molecule has 0 saturated heterocycles. The predicted octanol–water partition coefficient (Wildman–Crippen LogP) is 11.4. The Morgan fingerprint density at radius 2 is 1.20 bits per heavy atom. The van der Waals surface area contributed by atoms with Crippen LogP contribution in [0.2, 0.25) is 0 Å². The summed E-state index contributed by atoms with van der Waals surface area (Å²) in [7, 11) is 0. The van der Waals surface area contributed by atoms with Crippen molar-refractivity contribution >= 4 is 73.0 Å². The van der Waals surface area contributed by atoms with Gasteiger partial charge in [0.2, 0.25) is 0 Å². The number of hydrogen-bond acceptors (Lipinski definition) is 3. The van der Waals surface area contributed by atoms with Gasteiger partial charge in [0, 0.05) is 38.2 Å². The lowest BCUT2D eigenvalue weighted by Crippen LogP contribution is -2.05. The van der Waals surface area contributed by atoms with Crippen LogP contribution in [-0.2, 0) is 6.54 Å². The second-order valence-electron chi connectivity index (χ2n) is 12.1. The lowest BCUT2D eigenvalue weighted by molar-refractivity contribution is 0.668. The molecule has 0 bridgehead atoms. The monoisotopic (exact) mass is 631 g/mol. The zero-order valence-electron chi connectivity index (χ0n) is 26.5. The maximum absolute atomic E-state index is 6.62. The van der Waals surface area contributed by atoms with Crippen LogP contribution >= 0.6 is 0 Å². The van der Waals surface area contributed by atoms with Gasteiger partial charge in [0.05, 0.1) is 6.54 Å². The van der Waals surface area contributed by atoms with Gasteiger partial charge in [0.25, 0.3) is 0 Å². The van der Waals surface area contributed by atoms with Crippen molar-refractivity contribution < 1.29 is 8.83 Å². The Kier molecular flexibility index (Phi) is 6.95. The molecule has 9 rings (SSSR count). The Labute approximate surface area is 282 Å². The summed E-state index contributed by atoms with van der Waals surface area (Å²) >= 11 is 0. The molecule has 232 valence electrons. The molecule has 7 aromatic carbocycles. The fraction of sp³-hybridized carbons (Fsp3) is 0.0227. The van der Waals surface area contributed by atoms with Crippen LogP contribution in [0.3, 0.4) is 0 Å². The Bertz CT molecular complexity index is 2750. The van der Waals surface area contributed by atoms with Gasteiger partial charge >= 0.3 is 0 Å². The standard InChI is InChI=1S/C44H29N3O2/c1-45-43(28-13-4-2-5-14-28)47-44(29-15-6-3-7-16-29)46-27-33-23-32(26-40-41(33)36-19-10-11-22-38(36)48-40)34-20-12-21-35-37-24-30-17-8-9-18-31(30)25-39(37)49-42(34)35/h2-26H,1,27H2/b46-44-,47-43-. The first-order chi connectivity index (χ1) is 24.2. The summed E-state index contributed by atoms with van der Waals surface area (Å²) in [6.45, 7) is 4.18. The Balaban J connectivity index is 1.24. The van der Waals surface area contributed by atoms with E-state index < -0.39 is 0 Å². The molecule has 2 aromatic heterocycles. The molecular formula is C44H29N3O2. The third kappa shape index (κ3) is 5.09. The first-order valence-corrected chi connectivity index (χ1v) is 16.2. The third-order valence-electron chi connectivity index (χ3n) is 9.06. The minimum absolute atomic E-state index is 0.363. The molecule has 5 heteroatoms. The maximum atomic E-state index is 6.62. The number of furan rings is 2. The van der Waals surface area contributed by atoms with Crippen LogP contribution in [0.5, 0.6) is 0 Å². The van der Waals surface area contributed by atoms with E-state index in [1.165, 1.54) is 5.39 Å². The van der Waals surface area contributed by atoms with Gasteiger partial charge in [-0.15, -0.1) is 0 Å². The van der Waals surface area contributed by atoms with Crippen molar-refractivity contribution in [1.29, 1.82) is 0 Å². The summed E-state index contributed by atoms with van der Waals surface area (Å²) in [6, 6.07) is 51.4. The first-order valence-electron chi connectivity index (χ1n) is 16.2. The van der Waals surface area contributed by atoms with Crippen molar-refractivity contribution in [3.05, 3.63) is 168 Å². The SMILES string of the molecule is C=N/C(=N\C(=N/Cc1cc(-c2cccc3c2oc2cc4ccccc4cc23)cc2oc3ccccc3c12)c1ccccc1)c1ccccc1. The molecule has 0 amide bonds. The minimum atomic E-state index is 0.363. The van der Waals surface area contributed by atoms with E-state index in [4.69, 9.17) is 18.8 Å². The Morgan fingerprint density at radius 1 is 0.531 bits per heavy atom. The van der Waals surface area contributed by atoms with Crippen LogP contribution < -0.4 is 0 Å². The van der Waals surface area contributed by atoms with E-state index in [-0.39, 0.29) is 0 Å². The van der Waals surface area contributed by atoms with E-state index in [1.807, 2.05) is 78.9 Å². The van der Waals surface area contributed by atoms with Crippen LogP contribution in [-0.4, -0.2) is 18.4 Å². The van der Waals surface area contributed by atoms with Crippen molar-refractivity contribution in [3.8, 4) is 11.1 Å². The molecule has 0 fully saturated rings. The lowest BCUT2D eigenvalue weighted by Gasteiger charge is -2.09. The van der Waals surface area contributed by atoms with E-state index in [2.05, 4.69) is 84.5 Å². The van der Waals surface area contributed by atoms with E-state index in [1.54, 1.807) is 0 Å². The fourth-order valence-electron chi connectivity index (χ4n) is 6.75. The molecule has 0 aliphatic heterocycles. The lowest BCUT2D eigenvalue weighted by atomic mass is 9.97. The molecule has 0 radical (unpaired) electrons. The van der Waals surface area contributed by atoms with Crippen molar-refractivity contribution in [2.45, 2.75) is 6.54 Å². The zero-order valence-corrected chi connectivity index (χ0v) is 26.5. The zero-order chi connectivity index (χ0) is 32.7. The quantitative estimate of drug-likeness (QED) is 0.140. The van der Waals surface area contributed by atoms with Gasteiger partial charge in [-0.05, 0) is 58.9 Å². The highest BCUT2D eigenvalue weighted by molar-refractivity contribution is 6.15. The minimum Gasteiger partial charge on any atom is -0.456 e. The van der Waals surface area contributed by atoms with Gasteiger partial charge in [-0.3, -0.25) is 4.99 Å². The number of aliphatic imine (C=N–C) groups is 3. The topological polar surface area (TPSA) is 63.4 Å². The molecule has 0 spiro atoms. The molecule has 0 saturated carbocycles. The van der Waals surface area contributed by atoms with E-state index in [0.717, 1.165) is 77.1 Å². The number of para-hydroxylation sites is 2. The summed E-state index contributed by atoms with van der Waals surface area (Å²) in [5, 5.41) is 6.59. The summed E-state index contributed by atoms with van der Waals surface area (Å²) in [5.74, 6) is 1.09. The molecule has 0 aliphatic carbocycles. The van der Waals surface area contributed by atoms with Gasteiger partial charge < -0.3 is 8.83 Å². The summed E-state index contributed by atoms with van der Waals surface area (Å²) in [6.07, 6.45) is 0. The number of nitrogens with zero attached hydrogens (tertiary/aromatic N) is 3. The average Bonchev–Trinajstić information content (AvgIpc) is 3.72. The normalized spacial score (nSPS) is 12.5. The Morgan fingerprint density at radius 3 is 1.98 bits per heavy atom. The van der Waals surface area contributed by atoms with Crippen LogP contribution in [0.4, 0.5) is 0 Å². The summed E-state index contributed by atoms with van der Waals surface area (Å²) < 4.78 is 13.1. The Hall–Kier alpha value is -6.59. The summed E-state index contributed by atoms with van der Waals surface area (Å²) in [5.41, 5.74) is 8.11. The second kappa shape index (κ2) is 11.9. The van der Waals surface area contributed by atoms with Crippen molar-refractivity contribution in [1.82, 2.24) is 0 Å². The molecular weight excluding hydrogens is 603 g/mol. The molecule has 9 aromatic rings. The number of hydrogen-bond donors (Lipinski definition) is 0. The highest BCUT2D eigenvalue weighted by Gasteiger charge is 2.18. The second-order valence-corrected chi connectivity index (χ2v) is 12.1. The molecule has 0 aliphatic rings. The molecule has 5 nitrogen and oxygen atoms in total. The van der Waals surface area contributed by atoms with Gasteiger partial charge in [-0.2, -0.15) is 0 Å². The summed E-state index contributed by atoms with van der Waals surface area (Å²) in [4.78, 5) is 14.4. The molecule has 0 unspecified atom stereocenters. The van der Waals surface area contributed by atoms with Gasteiger partial charge in [0.1, 0.15) is 22.3 Å². The van der Waals surface area contributed by atoms with E-state index in [9.17, 15) is 0 Å². The van der Waals surface area contributed by atoms with Crippen LogP contribution in [0.1, 0.15) is 16.7 Å². The number of rotatable bonds is 5. The van der Waals surface area contributed by atoms with Crippen molar-refractivity contribution in [3.63, 3.8) is 0 Å². The molecule has 49 heavy (non-hydrogen) atoms. The van der Waals surface area contributed by atoms with Crippen molar-refractivity contribution in [2.24, 2.45) is 15.0 Å². The number of benzene rings is 7. The first kappa shape index (κ1) is 28.6. The maximum Gasteiger partial charge on any atom is 0.161 e. The molecule has 0 atom stereocenters. The van der Waals surface area contributed by atoms with E-state index >= 15 is 0 Å². The smallest absolute Gasteiger partial charge is 0.161 e. The highest BCUT2D eigenvalue weighted by atomic mass is 16.3.